The summed E-state index contributed by atoms with van der Waals surface area (Å²) in [5, 5.41) is 4.46. The molecule has 0 amide bonds. The molecule has 26 heavy (non-hydrogen) atoms. The zero-order valence-corrected chi connectivity index (χ0v) is 16.6. The van der Waals surface area contributed by atoms with Gasteiger partial charge in [-0.2, -0.15) is 0 Å². The third-order valence-electron chi connectivity index (χ3n) is 5.26. The standard InChI is InChI=1S/C22H25ClN2S/c23-20-8-9-22-21(15-20)19(17-26-22)16-25-13-11-24(12-14-25)10-4-7-18-5-2-1-3-6-18/h1-3,5-6,8-9,15,17H,4,7,10-14,16H2. The molecule has 1 aliphatic rings. The highest BCUT2D eigenvalue weighted by molar-refractivity contribution is 7.17. The van der Waals surface area contributed by atoms with Crippen molar-refractivity contribution in [1.29, 1.82) is 0 Å². The first-order valence-corrected chi connectivity index (χ1v) is 10.7. The van der Waals surface area contributed by atoms with Crippen molar-refractivity contribution in [2.75, 3.05) is 32.7 Å². The van der Waals surface area contributed by atoms with Crippen LogP contribution >= 0.6 is 22.9 Å². The van der Waals surface area contributed by atoms with Crippen LogP contribution in [0.1, 0.15) is 17.5 Å². The summed E-state index contributed by atoms with van der Waals surface area (Å²) in [6.45, 7) is 6.92. The molecule has 1 aliphatic heterocycles. The maximum absolute atomic E-state index is 6.19. The number of thiophene rings is 1. The van der Waals surface area contributed by atoms with Gasteiger partial charge in [0.15, 0.2) is 0 Å². The molecule has 4 rings (SSSR count). The van der Waals surface area contributed by atoms with Crippen LogP contribution in [0, 0.1) is 0 Å². The van der Waals surface area contributed by atoms with Gasteiger partial charge in [-0.15, -0.1) is 11.3 Å². The Balaban J connectivity index is 1.25. The average Bonchev–Trinajstić information content (AvgIpc) is 3.06. The van der Waals surface area contributed by atoms with E-state index < -0.39 is 0 Å². The van der Waals surface area contributed by atoms with E-state index in [9.17, 15) is 0 Å². The Morgan fingerprint density at radius 2 is 1.69 bits per heavy atom. The smallest absolute Gasteiger partial charge is 0.0413 e. The van der Waals surface area contributed by atoms with Crippen molar-refractivity contribution in [3.63, 3.8) is 0 Å². The van der Waals surface area contributed by atoms with Gasteiger partial charge in [-0.3, -0.25) is 4.90 Å². The van der Waals surface area contributed by atoms with Crippen molar-refractivity contribution in [2.24, 2.45) is 0 Å². The molecule has 2 heterocycles. The van der Waals surface area contributed by atoms with Crippen LogP contribution in [0.5, 0.6) is 0 Å². The largest absolute Gasteiger partial charge is 0.301 e. The number of rotatable bonds is 6. The van der Waals surface area contributed by atoms with E-state index in [2.05, 4.69) is 57.6 Å². The van der Waals surface area contributed by atoms with Gasteiger partial charge in [-0.1, -0.05) is 41.9 Å². The van der Waals surface area contributed by atoms with E-state index in [1.807, 2.05) is 17.4 Å². The molecule has 2 aromatic carbocycles. The van der Waals surface area contributed by atoms with E-state index in [1.54, 1.807) is 0 Å². The van der Waals surface area contributed by atoms with Gasteiger partial charge in [0, 0.05) is 42.4 Å². The lowest BCUT2D eigenvalue weighted by molar-refractivity contribution is 0.126. The van der Waals surface area contributed by atoms with Crippen LogP contribution in [0.25, 0.3) is 10.1 Å². The molecule has 0 unspecified atom stereocenters. The Morgan fingerprint density at radius 3 is 2.50 bits per heavy atom. The number of nitrogens with zero attached hydrogens (tertiary/aromatic N) is 2. The lowest BCUT2D eigenvalue weighted by atomic mass is 10.1. The van der Waals surface area contributed by atoms with Crippen LogP contribution in [0.15, 0.2) is 53.9 Å². The van der Waals surface area contributed by atoms with Gasteiger partial charge in [0.25, 0.3) is 0 Å². The normalized spacial score (nSPS) is 16.3. The first kappa shape index (κ1) is 18.0. The molecule has 2 nitrogen and oxygen atoms in total. The van der Waals surface area contributed by atoms with Gasteiger partial charge in [0.05, 0.1) is 0 Å². The molecule has 0 atom stereocenters. The second kappa shape index (κ2) is 8.53. The fourth-order valence-electron chi connectivity index (χ4n) is 3.74. The third kappa shape index (κ3) is 4.47. The van der Waals surface area contributed by atoms with Crippen molar-refractivity contribution in [2.45, 2.75) is 19.4 Å². The number of fused-ring (bicyclic) bond motifs is 1. The number of aryl methyl sites for hydroxylation is 1. The maximum Gasteiger partial charge on any atom is 0.0413 e. The van der Waals surface area contributed by atoms with Crippen LogP contribution < -0.4 is 0 Å². The van der Waals surface area contributed by atoms with Gasteiger partial charge >= 0.3 is 0 Å². The van der Waals surface area contributed by atoms with Crippen molar-refractivity contribution in [1.82, 2.24) is 9.80 Å². The van der Waals surface area contributed by atoms with Crippen LogP contribution in [-0.4, -0.2) is 42.5 Å². The fourth-order valence-corrected chi connectivity index (χ4v) is 4.85. The molecule has 0 saturated carbocycles. The summed E-state index contributed by atoms with van der Waals surface area (Å²) in [5.74, 6) is 0. The molecule has 0 bridgehead atoms. The van der Waals surface area contributed by atoms with E-state index in [0.29, 0.717) is 0 Å². The molecular formula is C22H25ClN2S. The first-order valence-electron chi connectivity index (χ1n) is 9.42. The van der Waals surface area contributed by atoms with Crippen LogP contribution in [0.2, 0.25) is 5.02 Å². The highest BCUT2D eigenvalue weighted by atomic mass is 35.5. The quantitative estimate of drug-likeness (QED) is 0.568. The minimum absolute atomic E-state index is 0.834. The third-order valence-corrected chi connectivity index (χ3v) is 6.50. The highest BCUT2D eigenvalue weighted by Crippen LogP contribution is 2.29. The van der Waals surface area contributed by atoms with Crippen molar-refractivity contribution in [3.05, 3.63) is 70.1 Å². The molecule has 0 N–H and O–H groups in total. The molecule has 0 radical (unpaired) electrons. The lowest BCUT2D eigenvalue weighted by Gasteiger charge is -2.34. The minimum Gasteiger partial charge on any atom is -0.301 e. The second-order valence-corrected chi connectivity index (χ2v) is 8.46. The predicted octanol–water partition coefficient (Wildman–Crippen LogP) is 5.31. The average molecular weight is 385 g/mol. The van der Waals surface area contributed by atoms with Gasteiger partial charge in [0.2, 0.25) is 0 Å². The molecule has 1 aromatic heterocycles. The Kier molecular flexibility index (Phi) is 5.91. The Morgan fingerprint density at radius 1 is 0.923 bits per heavy atom. The summed E-state index contributed by atoms with van der Waals surface area (Å²) in [6, 6.07) is 17.1. The highest BCUT2D eigenvalue weighted by Gasteiger charge is 2.18. The first-order chi connectivity index (χ1) is 12.8. The molecule has 0 aliphatic carbocycles. The number of halogens is 1. The lowest BCUT2D eigenvalue weighted by Crippen LogP contribution is -2.46. The molecular weight excluding hydrogens is 360 g/mol. The number of hydrogen-bond donors (Lipinski definition) is 0. The molecule has 0 spiro atoms. The van der Waals surface area contributed by atoms with Crippen LogP contribution in [-0.2, 0) is 13.0 Å². The van der Waals surface area contributed by atoms with Crippen molar-refractivity contribution in [3.8, 4) is 0 Å². The van der Waals surface area contributed by atoms with Crippen molar-refractivity contribution >= 4 is 33.0 Å². The monoisotopic (exact) mass is 384 g/mol. The number of piperazine rings is 1. The van der Waals surface area contributed by atoms with Gasteiger partial charge in [-0.05, 0) is 59.5 Å². The predicted molar refractivity (Wildman–Crippen MR) is 113 cm³/mol. The zero-order chi connectivity index (χ0) is 17.8. The van der Waals surface area contributed by atoms with E-state index in [-0.39, 0.29) is 0 Å². The number of hydrogen-bond acceptors (Lipinski definition) is 3. The van der Waals surface area contributed by atoms with E-state index >= 15 is 0 Å². The summed E-state index contributed by atoms with van der Waals surface area (Å²) in [6.07, 6.45) is 2.43. The zero-order valence-electron chi connectivity index (χ0n) is 15.0. The summed E-state index contributed by atoms with van der Waals surface area (Å²) in [5.41, 5.74) is 2.87. The molecule has 1 fully saturated rings. The SMILES string of the molecule is Clc1ccc2scc(CN3CCN(CCCc4ccccc4)CC3)c2c1. The van der Waals surface area contributed by atoms with Gasteiger partial charge in [0.1, 0.15) is 0 Å². The summed E-state index contributed by atoms with van der Waals surface area (Å²) < 4.78 is 1.34. The van der Waals surface area contributed by atoms with Crippen molar-refractivity contribution < 1.29 is 0 Å². The Bertz CT molecular complexity index is 838. The Hall–Kier alpha value is -1.39. The van der Waals surface area contributed by atoms with E-state index in [0.717, 1.165) is 24.7 Å². The van der Waals surface area contributed by atoms with Crippen LogP contribution in [0.3, 0.4) is 0 Å². The van der Waals surface area contributed by atoms with E-state index in [4.69, 9.17) is 11.6 Å². The summed E-state index contributed by atoms with van der Waals surface area (Å²) in [4.78, 5) is 5.19. The summed E-state index contributed by atoms with van der Waals surface area (Å²) in [7, 11) is 0. The maximum atomic E-state index is 6.19. The molecule has 3 aromatic rings. The van der Waals surface area contributed by atoms with E-state index in [1.165, 1.54) is 53.7 Å². The summed E-state index contributed by atoms with van der Waals surface area (Å²) >= 11 is 8.01. The van der Waals surface area contributed by atoms with Gasteiger partial charge in [-0.25, -0.2) is 0 Å². The second-order valence-electron chi connectivity index (χ2n) is 7.11. The minimum atomic E-state index is 0.834. The number of benzene rings is 2. The molecule has 4 heteroatoms. The van der Waals surface area contributed by atoms with Gasteiger partial charge < -0.3 is 4.90 Å². The fraction of sp³-hybridized carbons (Fsp3) is 0.364. The molecule has 1 saturated heterocycles. The topological polar surface area (TPSA) is 6.48 Å². The Labute approximate surface area is 165 Å². The molecule has 136 valence electrons. The van der Waals surface area contributed by atoms with Crippen LogP contribution in [0.4, 0.5) is 0 Å².